The van der Waals surface area contributed by atoms with Crippen molar-refractivity contribution >= 4 is 15.9 Å². The van der Waals surface area contributed by atoms with Crippen LogP contribution in [0.2, 0.25) is 0 Å². The molecule has 0 aliphatic carbocycles. The lowest BCUT2D eigenvalue weighted by atomic mass is 9.91. The van der Waals surface area contributed by atoms with Gasteiger partial charge >= 0.3 is 0 Å². The third-order valence-electron chi connectivity index (χ3n) is 5.02. The van der Waals surface area contributed by atoms with Gasteiger partial charge < -0.3 is 0 Å². The average molecular weight is 413 g/mol. The van der Waals surface area contributed by atoms with Crippen molar-refractivity contribution in [2.45, 2.75) is 13.8 Å². The fourth-order valence-corrected chi connectivity index (χ4v) is 3.94. The molecule has 132 valence electrons. The van der Waals surface area contributed by atoms with E-state index < -0.39 is 0 Å². The summed E-state index contributed by atoms with van der Waals surface area (Å²) in [6, 6.07) is 32.5. The van der Waals surface area contributed by atoms with Crippen LogP contribution in [0.4, 0.5) is 0 Å². The Morgan fingerprint density at radius 2 is 1.15 bits per heavy atom. The second kappa shape index (κ2) is 7.54. The Balaban J connectivity index is 1.78. The summed E-state index contributed by atoms with van der Waals surface area (Å²) in [6.07, 6.45) is 0. The van der Waals surface area contributed by atoms with E-state index in [4.69, 9.17) is 0 Å². The van der Waals surface area contributed by atoms with E-state index in [1.54, 1.807) is 0 Å². The van der Waals surface area contributed by atoms with Crippen molar-refractivity contribution in [3.63, 3.8) is 0 Å². The molecule has 0 nitrogen and oxygen atoms in total. The molecule has 0 saturated carbocycles. The summed E-state index contributed by atoms with van der Waals surface area (Å²) in [4.78, 5) is 0. The van der Waals surface area contributed by atoms with Gasteiger partial charge in [-0.05, 0) is 76.6 Å². The molecule has 0 fully saturated rings. The average Bonchev–Trinajstić information content (AvgIpc) is 2.69. The van der Waals surface area contributed by atoms with Gasteiger partial charge in [-0.2, -0.15) is 0 Å². The largest absolute Gasteiger partial charge is 0.0622 e. The predicted octanol–water partition coefficient (Wildman–Crippen LogP) is 8.07. The van der Waals surface area contributed by atoms with Gasteiger partial charge in [0.25, 0.3) is 0 Å². The Morgan fingerprint density at radius 1 is 0.481 bits per heavy atom. The zero-order valence-corrected chi connectivity index (χ0v) is 17.1. The minimum atomic E-state index is 1.10. The van der Waals surface area contributed by atoms with Gasteiger partial charge in [0.2, 0.25) is 0 Å². The number of rotatable bonds is 3. The highest BCUT2D eigenvalue weighted by atomic mass is 79.9. The summed E-state index contributed by atoms with van der Waals surface area (Å²) < 4.78 is 1.10. The molecule has 0 radical (unpaired) electrons. The van der Waals surface area contributed by atoms with Gasteiger partial charge in [0.05, 0.1) is 0 Å². The van der Waals surface area contributed by atoms with Crippen molar-refractivity contribution in [2.75, 3.05) is 0 Å². The fourth-order valence-electron chi connectivity index (χ4n) is 3.54. The van der Waals surface area contributed by atoms with Gasteiger partial charge in [-0.1, -0.05) is 88.7 Å². The second-order valence-electron chi connectivity index (χ2n) is 6.94. The Morgan fingerprint density at radius 3 is 1.89 bits per heavy atom. The predicted molar refractivity (Wildman–Crippen MR) is 120 cm³/mol. The second-order valence-corrected chi connectivity index (χ2v) is 7.85. The summed E-state index contributed by atoms with van der Waals surface area (Å²) in [6.45, 7) is 4.39. The van der Waals surface area contributed by atoms with E-state index >= 15 is 0 Å². The smallest absolute Gasteiger partial charge is 0.0181 e. The maximum Gasteiger partial charge on any atom is 0.0181 e. The molecule has 0 heterocycles. The molecule has 1 heteroatoms. The third kappa shape index (κ3) is 3.74. The lowest BCUT2D eigenvalue weighted by molar-refractivity contribution is 1.40. The Bertz CT molecular complexity index is 1090. The van der Waals surface area contributed by atoms with Crippen molar-refractivity contribution in [1.82, 2.24) is 0 Å². The number of aryl methyl sites for hydroxylation is 2. The highest BCUT2D eigenvalue weighted by Gasteiger charge is 2.09. The molecule has 4 aromatic rings. The Hall–Kier alpha value is -2.64. The van der Waals surface area contributed by atoms with Crippen LogP contribution >= 0.6 is 15.9 Å². The summed E-state index contributed by atoms with van der Waals surface area (Å²) >= 11 is 3.57. The van der Waals surface area contributed by atoms with E-state index in [0.717, 1.165) is 4.47 Å². The number of hydrogen-bond donors (Lipinski definition) is 0. The van der Waals surface area contributed by atoms with E-state index in [-0.39, 0.29) is 0 Å². The first-order valence-corrected chi connectivity index (χ1v) is 9.94. The summed E-state index contributed by atoms with van der Waals surface area (Å²) in [5.41, 5.74) is 10.2. The molecular formula is C26H21Br. The number of halogens is 1. The van der Waals surface area contributed by atoms with Crippen LogP contribution in [0.25, 0.3) is 33.4 Å². The Labute approximate surface area is 169 Å². The maximum absolute atomic E-state index is 3.57. The molecule has 0 saturated heterocycles. The van der Waals surface area contributed by atoms with Crippen molar-refractivity contribution in [1.29, 1.82) is 0 Å². The third-order valence-corrected chi connectivity index (χ3v) is 5.51. The van der Waals surface area contributed by atoms with Gasteiger partial charge in [-0.3, -0.25) is 0 Å². The summed E-state index contributed by atoms with van der Waals surface area (Å²) in [5, 5.41) is 0. The molecular weight excluding hydrogens is 392 g/mol. The van der Waals surface area contributed by atoms with Crippen LogP contribution in [-0.4, -0.2) is 0 Å². The molecule has 0 aliphatic heterocycles. The molecule has 0 amide bonds. The monoisotopic (exact) mass is 412 g/mol. The van der Waals surface area contributed by atoms with Crippen LogP contribution < -0.4 is 0 Å². The van der Waals surface area contributed by atoms with Crippen molar-refractivity contribution in [3.05, 3.63) is 107 Å². The van der Waals surface area contributed by atoms with Crippen LogP contribution in [0.5, 0.6) is 0 Å². The van der Waals surface area contributed by atoms with E-state index in [9.17, 15) is 0 Å². The van der Waals surface area contributed by atoms with Crippen molar-refractivity contribution < 1.29 is 0 Å². The molecule has 0 bridgehead atoms. The van der Waals surface area contributed by atoms with E-state index in [2.05, 4.69) is 121 Å². The molecule has 0 aliphatic rings. The van der Waals surface area contributed by atoms with Gasteiger partial charge in [-0.25, -0.2) is 0 Å². The highest BCUT2D eigenvalue weighted by molar-refractivity contribution is 9.10. The molecule has 4 aromatic carbocycles. The van der Waals surface area contributed by atoms with Crippen molar-refractivity contribution in [3.8, 4) is 33.4 Å². The van der Waals surface area contributed by atoms with Crippen LogP contribution in [0.1, 0.15) is 11.1 Å². The first-order valence-electron chi connectivity index (χ1n) is 9.15. The SMILES string of the molecule is Cc1cc(-c2cccc(Br)c2)ccc1-c1cc(-c2ccccc2)ccc1C. The highest BCUT2D eigenvalue weighted by Crippen LogP contribution is 2.34. The minimum absolute atomic E-state index is 1.10. The van der Waals surface area contributed by atoms with E-state index in [1.807, 2.05) is 0 Å². The van der Waals surface area contributed by atoms with Crippen LogP contribution in [0.15, 0.2) is 95.5 Å². The topological polar surface area (TPSA) is 0 Å². The van der Waals surface area contributed by atoms with Gasteiger partial charge in [-0.15, -0.1) is 0 Å². The molecule has 0 unspecified atom stereocenters. The zero-order chi connectivity index (χ0) is 18.8. The van der Waals surface area contributed by atoms with Crippen LogP contribution in [-0.2, 0) is 0 Å². The Kier molecular flexibility index (Phi) is 4.96. The molecule has 0 N–H and O–H groups in total. The molecule has 0 atom stereocenters. The molecule has 4 rings (SSSR count). The minimum Gasteiger partial charge on any atom is -0.0622 e. The fraction of sp³-hybridized carbons (Fsp3) is 0.0769. The van der Waals surface area contributed by atoms with Gasteiger partial charge in [0, 0.05) is 4.47 Å². The maximum atomic E-state index is 3.57. The molecule has 27 heavy (non-hydrogen) atoms. The van der Waals surface area contributed by atoms with Crippen LogP contribution in [0, 0.1) is 13.8 Å². The normalized spacial score (nSPS) is 10.8. The van der Waals surface area contributed by atoms with Gasteiger partial charge in [0.1, 0.15) is 0 Å². The summed E-state index contributed by atoms with van der Waals surface area (Å²) in [7, 11) is 0. The lowest BCUT2D eigenvalue weighted by Gasteiger charge is -2.14. The zero-order valence-electron chi connectivity index (χ0n) is 15.5. The lowest BCUT2D eigenvalue weighted by Crippen LogP contribution is -1.90. The van der Waals surface area contributed by atoms with Crippen molar-refractivity contribution in [2.24, 2.45) is 0 Å². The molecule has 0 aromatic heterocycles. The number of hydrogen-bond acceptors (Lipinski definition) is 0. The first kappa shape index (κ1) is 17.8. The quantitative estimate of drug-likeness (QED) is 0.319. The van der Waals surface area contributed by atoms with Crippen LogP contribution in [0.3, 0.4) is 0 Å². The van der Waals surface area contributed by atoms with E-state index in [0.29, 0.717) is 0 Å². The summed E-state index contributed by atoms with van der Waals surface area (Å²) in [5.74, 6) is 0. The van der Waals surface area contributed by atoms with E-state index in [1.165, 1.54) is 44.5 Å². The van der Waals surface area contributed by atoms with Gasteiger partial charge in [0.15, 0.2) is 0 Å². The number of benzene rings is 4. The standard InChI is InChI=1S/C26H21Br/c1-18-11-12-23(20-7-4-3-5-8-20)17-26(18)25-14-13-22(15-19(25)2)21-9-6-10-24(27)16-21/h3-17H,1-2H3. The molecule has 0 spiro atoms. The first-order chi connectivity index (χ1) is 13.1.